The fourth-order valence-corrected chi connectivity index (χ4v) is 10.3. The van der Waals surface area contributed by atoms with Crippen molar-refractivity contribution in [1.82, 2.24) is 0 Å². The summed E-state index contributed by atoms with van der Waals surface area (Å²) >= 11 is 0. The first-order valence-corrected chi connectivity index (χ1v) is 14.3. The molecular weight excluding hydrogens is 432 g/mol. The van der Waals surface area contributed by atoms with Crippen LogP contribution >= 0.6 is 0 Å². The van der Waals surface area contributed by atoms with E-state index in [9.17, 15) is 13.2 Å². The molecular formula is C24H32O7S. The third kappa shape index (κ3) is 2.84. The lowest BCUT2D eigenvalue weighted by Gasteiger charge is -2.47. The summed E-state index contributed by atoms with van der Waals surface area (Å²) in [5, 5.41) is 0. The van der Waals surface area contributed by atoms with Crippen molar-refractivity contribution in [1.29, 1.82) is 0 Å². The molecule has 176 valence electrons. The zero-order valence-electron chi connectivity index (χ0n) is 18.4. The highest BCUT2D eigenvalue weighted by molar-refractivity contribution is 7.86. The Bertz CT molecular complexity index is 940. The number of fused-ring (bicyclic) bond motifs is 16. The molecule has 0 N–H and O–H groups in total. The van der Waals surface area contributed by atoms with Crippen LogP contribution in [0.5, 0.6) is 0 Å². The number of carbonyl (C=O) groups is 1. The summed E-state index contributed by atoms with van der Waals surface area (Å²) in [6.45, 7) is 0.581. The lowest BCUT2D eigenvalue weighted by atomic mass is 9.60. The number of hydrogen-bond acceptors (Lipinski definition) is 7. The van der Waals surface area contributed by atoms with Gasteiger partial charge in [-0.25, -0.2) is 4.79 Å². The monoisotopic (exact) mass is 464 g/mol. The number of allylic oxidation sites excluding steroid dienone is 2. The number of rotatable bonds is 4. The van der Waals surface area contributed by atoms with Crippen molar-refractivity contribution >= 4 is 16.3 Å². The molecule has 1 aliphatic heterocycles. The number of carbonyl (C=O) groups excluding carboxylic acids is 1. The van der Waals surface area contributed by atoms with Crippen LogP contribution in [-0.2, 0) is 28.5 Å². The average molecular weight is 465 g/mol. The van der Waals surface area contributed by atoms with E-state index in [0.717, 1.165) is 43.3 Å². The zero-order chi connectivity index (χ0) is 21.8. The van der Waals surface area contributed by atoms with Gasteiger partial charge in [0.15, 0.2) is 0 Å². The van der Waals surface area contributed by atoms with E-state index in [4.69, 9.17) is 18.4 Å². The second-order valence-corrected chi connectivity index (χ2v) is 13.0. The lowest BCUT2D eigenvalue weighted by Crippen LogP contribution is -2.51. The minimum absolute atomic E-state index is 0.141. The average Bonchev–Trinajstić information content (AvgIpc) is 3.55. The van der Waals surface area contributed by atoms with Crippen LogP contribution in [0.1, 0.15) is 38.5 Å². The van der Waals surface area contributed by atoms with Crippen LogP contribution in [0, 0.1) is 59.2 Å². The van der Waals surface area contributed by atoms with Gasteiger partial charge in [0.1, 0.15) is 12.2 Å². The van der Waals surface area contributed by atoms with Crippen LogP contribution in [0.4, 0.5) is 4.79 Å². The Morgan fingerprint density at radius 1 is 0.844 bits per heavy atom. The maximum absolute atomic E-state index is 12.7. The number of hydrogen-bond donors (Lipinski definition) is 0. The van der Waals surface area contributed by atoms with Crippen molar-refractivity contribution in [2.45, 2.75) is 57.0 Å². The van der Waals surface area contributed by atoms with Gasteiger partial charge in [-0.05, 0) is 85.4 Å². The molecule has 7 aliphatic rings. The molecule has 8 heteroatoms. The van der Waals surface area contributed by atoms with Crippen LogP contribution in [0.25, 0.3) is 0 Å². The van der Waals surface area contributed by atoms with Crippen LogP contribution in [0.2, 0.25) is 0 Å². The van der Waals surface area contributed by atoms with Gasteiger partial charge >= 0.3 is 6.16 Å². The molecule has 0 aromatic heterocycles. The van der Waals surface area contributed by atoms with Gasteiger partial charge in [0, 0.05) is 12.3 Å². The Morgan fingerprint density at radius 2 is 1.50 bits per heavy atom. The highest BCUT2D eigenvalue weighted by atomic mass is 32.2. The van der Waals surface area contributed by atoms with Crippen LogP contribution in [0.15, 0.2) is 12.2 Å². The quantitative estimate of drug-likeness (QED) is 0.273. The predicted octanol–water partition coefficient (Wildman–Crippen LogP) is 3.35. The second kappa shape index (κ2) is 6.95. The highest BCUT2D eigenvalue weighted by Gasteiger charge is 2.74. The van der Waals surface area contributed by atoms with E-state index in [-0.39, 0.29) is 11.8 Å². The van der Waals surface area contributed by atoms with Crippen molar-refractivity contribution in [3.63, 3.8) is 0 Å². The predicted molar refractivity (Wildman–Crippen MR) is 113 cm³/mol. The Hall–Kier alpha value is -1.12. The van der Waals surface area contributed by atoms with Crippen molar-refractivity contribution in [3.05, 3.63) is 12.2 Å². The van der Waals surface area contributed by atoms with Gasteiger partial charge in [-0.1, -0.05) is 12.2 Å². The third-order valence-electron chi connectivity index (χ3n) is 10.1. The van der Waals surface area contributed by atoms with Crippen LogP contribution < -0.4 is 0 Å². The maximum Gasteiger partial charge on any atom is 0.510 e. The van der Waals surface area contributed by atoms with Crippen molar-refractivity contribution in [2.24, 2.45) is 59.2 Å². The molecule has 0 aromatic rings. The SMILES string of the molecule is CS(=O)(=O)OC1C2CC(C1OC(=O)OC1CCCCO1)C1C3CC(C4C5C=CC(C5)C34)C21. The molecule has 32 heavy (non-hydrogen) atoms. The standard InChI is InChI=1S/C24H32O7S/c1-32(26,27)31-23-16-10-15(22(23)30-24(25)29-17-4-2-3-7-28-17)20-13-9-14(21(16)20)19-12-6-5-11(8-12)18(13)19/h5-6,11-23H,2-4,7-10H2,1H3. The fourth-order valence-electron chi connectivity index (χ4n) is 9.69. The molecule has 6 fully saturated rings. The van der Waals surface area contributed by atoms with E-state index in [2.05, 4.69) is 12.2 Å². The highest BCUT2D eigenvalue weighted by Crippen LogP contribution is 2.76. The van der Waals surface area contributed by atoms with E-state index in [1.807, 2.05) is 0 Å². The Labute approximate surface area is 189 Å². The Kier molecular flexibility index (Phi) is 4.40. The normalized spacial score (nSPS) is 54.1. The first-order chi connectivity index (χ1) is 15.4. The molecule has 13 atom stereocenters. The molecule has 6 aliphatic carbocycles. The number of ether oxygens (including phenoxy) is 3. The Morgan fingerprint density at radius 3 is 2.12 bits per heavy atom. The summed E-state index contributed by atoms with van der Waals surface area (Å²) in [4.78, 5) is 12.7. The smallest absolute Gasteiger partial charge is 0.428 e. The first kappa shape index (κ1) is 20.3. The second-order valence-electron chi connectivity index (χ2n) is 11.4. The molecule has 0 spiro atoms. The summed E-state index contributed by atoms with van der Waals surface area (Å²) in [7, 11) is -3.66. The molecule has 7 rings (SSSR count). The maximum atomic E-state index is 12.7. The molecule has 1 heterocycles. The Balaban J connectivity index is 1.14. The van der Waals surface area contributed by atoms with E-state index in [1.165, 1.54) is 12.8 Å². The van der Waals surface area contributed by atoms with Gasteiger partial charge < -0.3 is 14.2 Å². The van der Waals surface area contributed by atoms with Crippen molar-refractivity contribution in [3.8, 4) is 0 Å². The van der Waals surface area contributed by atoms with Gasteiger partial charge in [0.2, 0.25) is 6.29 Å². The molecule has 1 saturated heterocycles. The van der Waals surface area contributed by atoms with Gasteiger partial charge in [0.05, 0.1) is 12.9 Å². The molecule has 7 nitrogen and oxygen atoms in total. The molecule has 6 bridgehead atoms. The molecule has 5 saturated carbocycles. The van der Waals surface area contributed by atoms with Crippen LogP contribution in [-0.4, -0.2) is 45.9 Å². The van der Waals surface area contributed by atoms with Gasteiger partial charge in [-0.2, -0.15) is 8.42 Å². The minimum Gasteiger partial charge on any atom is -0.428 e. The zero-order valence-corrected chi connectivity index (χ0v) is 19.2. The summed E-state index contributed by atoms with van der Waals surface area (Å²) in [5.74, 6) is 5.63. The molecule has 0 radical (unpaired) electrons. The van der Waals surface area contributed by atoms with Gasteiger partial charge in [-0.3, -0.25) is 4.18 Å². The van der Waals surface area contributed by atoms with Gasteiger partial charge in [-0.15, -0.1) is 0 Å². The van der Waals surface area contributed by atoms with E-state index in [1.54, 1.807) is 0 Å². The summed E-state index contributed by atoms with van der Waals surface area (Å²) in [6.07, 6.45) is 9.55. The first-order valence-electron chi connectivity index (χ1n) is 12.4. The van der Waals surface area contributed by atoms with E-state index >= 15 is 0 Å². The minimum atomic E-state index is -3.66. The molecule has 13 unspecified atom stereocenters. The topological polar surface area (TPSA) is 88.1 Å². The van der Waals surface area contributed by atoms with Crippen molar-refractivity contribution in [2.75, 3.05) is 12.9 Å². The largest absolute Gasteiger partial charge is 0.510 e. The van der Waals surface area contributed by atoms with Gasteiger partial charge in [0.25, 0.3) is 10.1 Å². The van der Waals surface area contributed by atoms with Crippen LogP contribution in [0.3, 0.4) is 0 Å². The fraction of sp³-hybridized carbons (Fsp3) is 0.875. The van der Waals surface area contributed by atoms with E-state index in [0.29, 0.717) is 42.6 Å². The lowest BCUT2D eigenvalue weighted by molar-refractivity contribution is -0.158. The van der Waals surface area contributed by atoms with Crippen molar-refractivity contribution < 1.29 is 31.6 Å². The summed E-state index contributed by atoms with van der Waals surface area (Å²) in [5.41, 5.74) is 0. The third-order valence-corrected chi connectivity index (χ3v) is 10.7. The molecule has 0 amide bonds. The molecule has 0 aromatic carbocycles. The summed E-state index contributed by atoms with van der Waals surface area (Å²) in [6, 6.07) is 0. The summed E-state index contributed by atoms with van der Waals surface area (Å²) < 4.78 is 46.7. The van der Waals surface area contributed by atoms with E-state index < -0.39 is 34.8 Å².